The van der Waals surface area contributed by atoms with E-state index in [2.05, 4.69) is 4.74 Å². The van der Waals surface area contributed by atoms with Crippen LogP contribution in [-0.2, 0) is 24.3 Å². The first kappa shape index (κ1) is 14.5. The topological polar surface area (TPSA) is 101 Å². The van der Waals surface area contributed by atoms with E-state index in [9.17, 15) is 18.0 Å². The molecule has 0 radical (unpaired) electrons. The molecule has 1 unspecified atom stereocenters. The Labute approximate surface area is 105 Å². The SMILES string of the molecule is CCCCC(C(=O)O)N1C(=O)C=C(OC)S1(=O)=O. The molecule has 0 saturated carbocycles. The van der Waals surface area contributed by atoms with Crippen LogP contribution in [0.5, 0.6) is 0 Å². The van der Waals surface area contributed by atoms with Crippen LogP contribution in [0.3, 0.4) is 0 Å². The number of aliphatic carboxylic acids is 1. The third kappa shape index (κ3) is 2.47. The van der Waals surface area contributed by atoms with Crippen molar-refractivity contribution in [2.24, 2.45) is 0 Å². The maximum Gasteiger partial charge on any atom is 0.327 e. The van der Waals surface area contributed by atoms with E-state index >= 15 is 0 Å². The molecule has 0 aromatic heterocycles. The van der Waals surface area contributed by atoms with Crippen LogP contribution in [-0.4, -0.2) is 42.9 Å². The Morgan fingerprint density at radius 1 is 1.56 bits per heavy atom. The first-order valence-electron chi connectivity index (χ1n) is 5.43. The number of methoxy groups -OCH3 is 1. The highest BCUT2D eigenvalue weighted by Crippen LogP contribution is 2.26. The molecule has 1 amide bonds. The summed E-state index contributed by atoms with van der Waals surface area (Å²) in [6, 6.07) is -1.38. The molecule has 0 bridgehead atoms. The highest BCUT2D eigenvalue weighted by molar-refractivity contribution is 7.93. The Kier molecular flexibility index (Phi) is 4.33. The van der Waals surface area contributed by atoms with Gasteiger partial charge < -0.3 is 9.84 Å². The first-order chi connectivity index (χ1) is 8.36. The summed E-state index contributed by atoms with van der Waals surface area (Å²) in [7, 11) is -3.05. The number of sulfonamides is 1. The van der Waals surface area contributed by atoms with Crippen molar-refractivity contribution < 1.29 is 27.9 Å². The summed E-state index contributed by atoms with van der Waals surface area (Å²) >= 11 is 0. The molecule has 0 aliphatic carbocycles. The molecule has 1 rings (SSSR count). The maximum absolute atomic E-state index is 11.9. The Morgan fingerprint density at radius 3 is 2.56 bits per heavy atom. The van der Waals surface area contributed by atoms with Gasteiger partial charge in [-0.25, -0.2) is 9.10 Å². The Morgan fingerprint density at radius 2 is 2.17 bits per heavy atom. The van der Waals surface area contributed by atoms with Gasteiger partial charge in [0.15, 0.2) is 0 Å². The molecule has 0 aromatic carbocycles. The van der Waals surface area contributed by atoms with Crippen LogP contribution in [0.4, 0.5) is 0 Å². The van der Waals surface area contributed by atoms with Crippen molar-refractivity contribution in [2.45, 2.75) is 32.2 Å². The lowest BCUT2D eigenvalue weighted by atomic mass is 10.1. The molecule has 1 aliphatic rings. The number of carboxylic acids is 1. The number of hydrogen-bond donors (Lipinski definition) is 1. The van der Waals surface area contributed by atoms with Gasteiger partial charge in [0, 0.05) is 0 Å². The van der Waals surface area contributed by atoms with Crippen LogP contribution in [0.25, 0.3) is 0 Å². The molecule has 7 nitrogen and oxygen atoms in total. The van der Waals surface area contributed by atoms with Crippen molar-refractivity contribution in [3.8, 4) is 0 Å². The molecule has 1 N–H and O–H groups in total. The number of carbonyl (C=O) groups excluding carboxylic acids is 1. The molecule has 8 heteroatoms. The lowest BCUT2D eigenvalue weighted by Gasteiger charge is -2.23. The lowest BCUT2D eigenvalue weighted by Crippen LogP contribution is -2.45. The molecule has 1 aliphatic heterocycles. The van der Waals surface area contributed by atoms with Gasteiger partial charge in [-0.1, -0.05) is 19.8 Å². The van der Waals surface area contributed by atoms with E-state index in [1.165, 1.54) is 0 Å². The van der Waals surface area contributed by atoms with Crippen LogP contribution in [0, 0.1) is 0 Å². The number of carbonyl (C=O) groups is 2. The van der Waals surface area contributed by atoms with Gasteiger partial charge in [-0.15, -0.1) is 0 Å². The molecule has 0 spiro atoms. The maximum atomic E-state index is 11.9. The number of amides is 1. The number of carboxylic acid groups (broad SMARTS) is 1. The highest BCUT2D eigenvalue weighted by Gasteiger charge is 2.45. The third-order valence-corrected chi connectivity index (χ3v) is 4.32. The van der Waals surface area contributed by atoms with Gasteiger partial charge in [0.05, 0.1) is 13.2 Å². The molecule has 102 valence electrons. The minimum Gasteiger partial charge on any atom is -0.485 e. The minimum absolute atomic E-state index is 0.0850. The van der Waals surface area contributed by atoms with Gasteiger partial charge in [-0.05, 0) is 6.42 Å². The smallest absolute Gasteiger partial charge is 0.327 e. The Balaban J connectivity index is 3.08. The second kappa shape index (κ2) is 5.38. The second-order valence-corrected chi connectivity index (χ2v) is 5.55. The number of rotatable bonds is 6. The summed E-state index contributed by atoms with van der Waals surface area (Å²) in [6.45, 7) is 1.85. The van der Waals surface area contributed by atoms with E-state index in [1.54, 1.807) is 0 Å². The van der Waals surface area contributed by atoms with Crippen LogP contribution in [0.1, 0.15) is 26.2 Å². The quantitative estimate of drug-likeness (QED) is 0.748. The molecular weight excluding hydrogens is 262 g/mol. The van der Waals surface area contributed by atoms with E-state index in [0.29, 0.717) is 17.1 Å². The second-order valence-electron chi connectivity index (χ2n) is 3.80. The van der Waals surface area contributed by atoms with Crippen LogP contribution >= 0.6 is 0 Å². The van der Waals surface area contributed by atoms with E-state index < -0.39 is 33.0 Å². The predicted molar refractivity (Wildman–Crippen MR) is 61.8 cm³/mol. The van der Waals surface area contributed by atoms with E-state index in [-0.39, 0.29) is 6.42 Å². The van der Waals surface area contributed by atoms with Gasteiger partial charge in [-0.3, -0.25) is 4.79 Å². The zero-order chi connectivity index (χ0) is 13.9. The lowest BCUT2D eigenvalue weighted by molar-refractivity contribution is -0.145. The van der Waals surface area contributed by atoms with E-state index in [0.717, 1.165) is 13.2 Å². The molecule has 0 saturated heterocycles. The molecule has 0 fully saturated rings. The summed E-state index contributed by atoms with van der Waals surface area (Å²) in [4.78, 5) is 22.7. The van der Waals surface area contributed by atoms with Gasteiger partial charge in [0.2, 0.25) is 5.09 Å². The summed E-state index contributed by atoms with van der Waals surface area (Å²) < 4.78 is 28.7. The van der Waals surface area contributed by atoms with Gasteiger partial charge >= 0.3 is 16.0 Å². The third-order valence-electron chi connectivity index (χ3n) is 2.57. The fourth-order valence-electron chi connectivity index (χ4n) is 1.68. The summed E-state index contributed by atoms with van der Waals surface area (Å²) in [5.41, 5.74) is 0. The number of ether oxygens (including phenoxy) is 1. The number of unbranched alkanes of at least 4 members (excludes halogenated alkanes) is 1. The highest BCUT2D eigenvalue weighted by atomic mass is 32.2. The molecular formula is C10H15NO6S. The monoisotopic (exact) mass is 277 g/mol. The van der Waals surface area contributed by atoms with Crippen molar-refractivity contribution in [1.29, 1.82) is 0 Å². The molecule has 1 atom stereocenters. The number of hydrogen-bond acceptors (Lipinski definition) is 5. The standard InChI is InChI=1S/C10H15NO6S/c1-3-4-5-7(10(13)14)11-8(12)6-9(17-2)18(11,15)16/h6-7H,3-5H2,1-2H3,(H,13,14). The van der Waals surface area contributed by atoms with Crippen molar-refractivity contribution in [3.63, 3.8) is 0 Å². The fourth-order valence-corrected chi connectivity index (χ4v) is 3.15. The molecule has 0 aromatic rings. The fraction of sp³-hybridized carbons (Fsp3) is 0.600. The van der Waals surface area contributed by atoms with Gasteiger partial charge in [0.1, 0.15) is 6.04 Å². The zero-order valence-corrected chi connectivity index (χ0v) is 10.9. The summed E-state index contributed by atoms with van der Waals surface area (Å²) in [5.74, 6) is -2.22. The summed E-state index contributed by atoms with van der Waals surface area (Å²) in [6.07, 6.45) is 2.09. The van der Waals surface area contributed by atoms with Crippen molar-refractivity contribution in [1.82, 2.24) is 4.31 Å². The van der Waals surface area contributed by atoms with Crippen molar-refractivity contribution in [3.05, 3.63) is 11.2 Å². The molecule has 1 heterocycles. The average molecular weight is 277 g/mol. The normalized spacial score (nSPS) is 19.6. The van der Waals surface area contributed by atoms with E-state index in [1.807, 2.05) is 6.92 Å². The van der Waals surface area contributed by atoms with Crippen LogP contribution in [0.15, 0.2) is 11.2 Å². The predicted octanol–water partition coefficient (Wildman–Crippen LogP) is 0.290. The number of nitrogens with zero attached hydrogens (tertiary/aromatic N) is 1. The van der Waals surface area contributed by atoms with E-state index in [4.69, 9.17) is 5.11 Å². The Bertz CT molecular complexity index is 481. The average Bonchev–Trinajstić information content (AvgIpc) is 2.51. The van der Waals surface area contributed by atoms with Crippen molar-refractivity contribution in [2.75, 3.05) is 7.11 Å². The van der Waals surface area contributed by atoms with Gasteiger partial charge in [-0.2, -0.15) is 8.42 Å². The largest absolute Gasteiger partial charge is 0.485 e. The summed E-state index contributed by atoms with van der Waals surface area (Å²) in [5, 5.41) is 8.53. The first-order valence-corrected chi connectivity index (χ1v) is 6.87. The van der Waals surface area contributed by atoms with Crippen LogP contribution < -0.4 is 0 Å². The van der Waals surface area contributed by atoms with Crippen LogP contribution in [0.2, 0.25) is 0 Å². The van der Waals surface area contributed by atoms with Crippen molar-refractivity contribution >= 4 is 21.9 Å². The molecule has 18 heavy (non-hydrogen) atoms. The Hall–Kier alpha value is -1.57. The minimum atomic E-state index is -4.16. The zero-order valence-electron chi connectivity index (χ0n) is 10.1. The van der Waals surface area contributed by atoms with Gasteiger partial charge in [0.25, 0.3) is 5.91 Å².